The van der Waals surface area contributed by atoms with Gasteiger partial charge in [-0.15, -0.1) is 11.8 Å². The maximum Gasteiger partial charge on any atom is 0.407 e. The molecule has 5 heterocycles. The molecule has 2 aromatic carbocycles. The Labute approximate surface area is 340 Å². The molecule has 2 saturated heterocycles. The maximum absolute atomic E-state index is 14.0. The fraction of sp³-hybridized carbons (Fsp3) is 0.452. The largest absolute Gasteiger partial charge is 0.456 e. The van der Waals surface area contributed by atoms with Crippen molar-refractivity contribution in [2.24, 2.45) is 16.8 Å². The van der Waals surface area contributed by atoms with Gasteiger partial charge in [-0.25, -0.2) is 14.6 Å². The highest BCUT2D eigenvalue weighted by molar-refractivity contribution is 7.99. The van der Waals surface area contributed by atoms with Gasteiger partial charge in [0.15, 0.2) is 0 Å². The summed E-state index contributed by atoms with van der Waals surface area (Å²) in [5, 5.41) is 6.25. The molecule has 0 saturated carbocycles. The second-order valence-corrected chi connectivity index (χ2v) is 16.7. The SMILES string of the molecule is COC(=O)N[C@H](C(=O)N1CCC[C@H]1C1=NC=C(c2cc3oc4ccc(-c5cnc([C@@H]6CSCN6C(=O)[C@@H](NC(=O)OC)C(C)C)[nH]5)cc4c(=O)c3cc2C)C1)C(C)C. The third kappa shape index (κ3) is 7.81. The molecule has 3 N–H and O–H groups in total. The molecule has 0 unspecified atom stereocenters. The Morgan fingerprint density at radius 3 is 2.26 bits per heavy atom. The van der Waals surface area contributed by atoms with E-state index in [4.69, 9.17) is 18.9 Å². The predicted octanol–water partition coefficient (Wildman–Crippen LogP) is 6.16. The first-order valence-corrected chi connectivity index (χ1v) is 20.6. The van der Waals surface area contributed by atoms with Crippen LogP contribution in [0.4, 0.5) is 9.59 Å². The second kappa shape index (κ2) is 16.7. The number of alkyl carbamates (subject to hydrolysis) is 2. The number of hydrogen-bond donors (Lipinski definition) is 3. The van der Waals surface area contributed by atoms with Crippen LogP contribution in [-0.4, -0.2) is 100.0 Å². The number of carbonyl (C=O) groups is 4. The highest BCUT2D eigenvalue weighted by Gasteiger charge is 2.40. The van der Waals surface area contributed by atoms with E-state index < -0.39 is 24.3 Å². The number of hydrogen-bond acceptors (Lipinski definition) is 11. The molecule has 2 aromatic heterocycles. The smallest absolute Gasteiger partial charge is 0.407 e. The number of carbonyl (C=O) groups excluding carboxylic acids is 4. The molecule has 306 valence electrons. The van der Waals surface area contributed by atoms with Crippen molar-refractivity contribution < 1.29 is 33.1 Å². The van der Waals surface area contributed by atoms with Crippen molar-refractivity contribution in [3.8, 4) is 11.3 Å². The third-order valence-corrected chi connectivity index (χ3v) is 12.2. The molecule has 7 rings (SSSR count). The van der Waals surface area contributed by atoms with Gasteiger partial charge >= 0.3 is 12.2 Å². The lowest BCUT2D eigenvalue weighted by molar-refractivity contribution is -0.135. The van der Waals surface area contributed by atoms with E-state index in [0.29, 0.717) is 58.1 Å². The number of nitrogens with one attached hydrogen (secondary N) is 3. The molecule has 0 radical (unpaired) electrons. The van der Waals surface area contributed by atoms with Gasteiger partial charge in [0.25, 0.3) is 0 Å². The van der Waals surface area contributed by atoms with Gasteiger partial charge in [-0.3, -0.25) is 19.4 Å². The molecule has 3 aliphatic rings. The number of methoxy groups -OCH3 is 2. The first kappa shape index (κ1) is 40.6. The molecule has 4 atom stereocenters. The summed E-state index contributed by atoms with van der Waals surface area (Å²) in [6.07, 6.45) is 4.38. The van der Waals surface area contributed by atoms with Crippen molar-refractivity contribution in [2.75, 3.05) is 32.4 Å². The van der Waals surface area contributed by atoms with E-state index in [1.165, 1.54) is 14.2 Å². The predicted molar refractivity (Wildman–Crippen MR) is 222 cm³/mol. The normalized spacial score (nSPS) is 19.1. The number of allylic oxidation sites excluding steroid dienone is 1. The first-order chi connectivity index (χ1) is 27.8. The monoisotopic (exact) mass is 811 g/mol. The minimum absolute atomic E-state index is 0.128. The zero-order valence-electron chi connectivity index (χ0n) is 33.7. The van der Waals surface area contributed by atoms with Gasteiger partial charge in [0, 0.05) is 36.2 Å². The fourth-order valence-electron chi connectivity index (χ4n) is 8.01. The fourth-order valence-corrected chi connectivity index (χ4v) is 9.18. The number of nitrogens with zero attached hydrogens (tertiary/aromatic N) is 4. The average Bonchev–Trinajstić information content (AvgIpc) is 4.05. The number of fused-ring (bicyclic) bond motifs is 2. The summed E-state index contributed by atoms with van der Waals surface area (Å²) < 4.78 is 15.9. The van der Waals surface area contributed by atoms with Crippen LogP contribution in [-0.2, 0) is 19.1 Å². The average molecular weight is 812 g/mol. The zero-order chi connectivity index (χ0) is 41.4. The number of aromatic nitrogens is 2. The van der Waals surface area contributed by atoms with Gasteiger partial charge in [0.2, 0.25) is 17.2 Å². The van der Waals surface area contributed by atoms with Crippen molar-refractivity contribution in [2.45, 2.75) is 78.0 Å². The van der Waals surface area contributed by atoms with Crippen LogP contribution in [0, 0.1) is 18.8 Å². The minimum atomic E-state index is -0.750. The lowest BCUT2D eigenvalue weighted by atomic mass is 9.94. The number of rotatable bonds is 10. The van der Waals surface area contributed by atoms with Crippen LogP contribution >= 0.6 is 11.8 Å². The van der Waals surface area contributed by atoms with Crippen LogP contribution in [0.2, 0.25) is 0 Å². The molecule has 4 aromatic rings. The van der Waals surface area contributed by atoms with Crippen LogP contribution < -0.4 is 16.1 Å². The molecule has 0 bridgehead atoms. The second-order valence-electron chi connectivity index (χ2n) is 15.7. The number of thioether (sulfide) groups is 1. The Morgan fingerprint density at radius 1 is 0.914 bits per heavy atom. The van der Waals surface area contributed by atoms with E-state index in [-0.39, 0.29) is 41.2 Å². The first-order valence-electron chi connectivity index (χ1n) is 19.5. The molecule has 4 amide bonds. The Hall–Kier alpha value is -5.64. The lowest BCUT2D eigenvalue weighted by Gasteiger charge is -2.31. The van der Waals surface area contributed by atoms with Crippen LogP contribution in [0.25, 0.3) is 38.8 Å². The number of ether oxygens (including phenoxy) is 2. The summed E-state index contributed by atoms with van der Waals surface area (Å²) in [6, 6.07) is 7.21. The van der Waals surface area contributed by atoms with Crippen molar-refractivity contribution in [1.29, 1.82) is 0 Å². The van der Waals surface area contributed by atoms with E-state index in [9.17, 15) is 24.0 Å². The van der Waals surface area contributed by atoms with Crippen LogP contribution in [0.1, 0.15) is 70.0 Å². The molecule has 15 nitrogen and oxygen atoms in total. The van der Waals surface area contributed by atoms with Crippen LogP contribution in [0.5, 0.6) is 0 Å². The van der Waals surface area contributed by atoms with Gasteiger partial charge in [-0.05, 0) is 78.6 Å². The highest BCUT2D eigenvalue weighted by atomic mass is 32.2. The van der Waals surface area contributed by atoms with E-state index in [1.807, 2.05) is 63.9 Å². The highest BCUT2D eigenvalue weighted by Crippen LogP contribution is 2.36. The molecule has 0 aliphatic carbocycles. The van der Waals surface area contributed by atoms with E-state index >= 15 is 0 Å². The number of likely N-dealkylation sites (tertiary alicyclic amines) is 1. The summed E-state index contributed by atoms with van der Waals surface area (Å²) >= 11 is 1.61. The van der Waals surface area contributed by atoms with E-state index in [1.54, 1.807) is 35.0 Å². The quantitative estimate of drug-likeness (QED) is 0.157. The Kier molecular flexibility index (Phi) is 11.7. The number of aryl methyl sites for hydroxylation is 1. The molecule has 3 aliphatic heterocycles. The summed E-state index contributed by atoms with van der Waals surface area (Å²) in [5.41, 5.74) is 5.83. The number of amides is 4. The summed E-state index contributed by atoms with van der Waals surface area (Å²) in [4.78, 5) is 81.7. The molecular weight excluding hydrogens is 763 g/mol. The minimum Gasteiger partial charge on any atom is -0.456 e. The number of aliphatic imine (C=N–C) groups is 1. The summed E-state index contributed by atoms with van der Waals surface area (Å²) in [6.45, 7) is 10.1. The van der Waals surface area contributed by atoms with Crippen molar-refractivity contribution in [3.05, 3.63) is 69.9 Å². The molecule has 16 heteroatoms. The number of imidazole rings is 1. The maximum atomic E-state index is 14.0. The summed E-state index contributed by atoms with van der Waals surface area (Å²) in [5.74, 6) is 1.06. The third-order valence-electron chi connectivity index (χ3n) is 11.2. The Bertz CT molecular complexity index is 2400. The molecule has 58 heavy (non-hydrogen) atoms. The summed E-state index contributed by atoms with van der Waals surface area (Å²) in [7, 11) is 2.55. The van der Waals surface area contributed by atoms with E-state index in [2.05, 4.69) is 20.6 Å². The Balaban J connectivity index is 1.09. The number of benzene rings is 2. The standard InChI is InChI=1S/C42H49N7O8S/c1-21(2)35(46-41(53)55-6)39(51)48-12-8-9-31(48)29-15-25(17-43-29)26-16-34-27(13-23(26)5)37(50)28-14-24(10-11-33(28)57-34)30-18-44-38(45-30)32-19-58-20-49(32)40(52)36(22(3)4)47-42(54)56-7/h10-11,13-14,16-18,21-22,31-32,35-36H,8-9,12,15,19-20H2,1-7H3,(H,44,45)(H,46,53)(H,47,54)/t31-,32-,35-,36-/m0/s1. The zero-order valence-corrected chi connectivity index (χ0v) is 34.5. The van der Waals surface area contributed by atoms with Crippen LogP contribution in [0.15, 0.2) is 56.9 Å². The van der Waals surface area contributed by atoms with Gasteiger partial charge in [-0.1, -0.05) is 27.7 Å². The van der Waals surface area contributed by atoms with Gasteiger partial charge < -0.3 is 39.3 Å². The Morgan fingerprint density at radius 2 is 1.59 bits per heavy atom. The van der Waals surface area contributed by atoms with Gasteiger partial charge in [0.05, 0.1) is 54.8 Å². The number of H-pyrrole nitrogens is 1. The lowest BCUT2D eigenvalue weighted by Crippen LogP contribution is -2.53. The van der Waals surface area contributed by atoms with Crippen molar-refractivity contribution >= 4 is 69.0 Å². The molecule has 0 spiro atoms. The van der Waals surface area contributed by atoms with E-state index in [0.717, 1.165) is 40.8 Å². The molecule has 2 fully saturated rings. The van der Waals surface area contributed by atoms with Crippen molar-refractivity contribution in [1.82, 2.24) is 30.4 Å². The molecular formula is C42H49N7O8S. The van der Waals surface area contributed by atoms with Crippen molar-refractivity contribution in [3.63, 3.8) is 0 Å². The van der Waals surface area contributed by atoms with Crippen LogP contribution in [0.3, 0.4) is 0 Å². The number of aromatic amines is 1. The topological polar surface area (TPSA) is 189 Å². The van der Waals surface area contributed by atoms with Gasteiger partial charge in [-0.2, -0.15) is 0 Å². The van der Waals surface area contributed by atoms with Gasteiger partial charge in [0.1, 0.15) is 29.1 Å².